The van der Waals surface area contributed by atoms with Crippen molar-refractivity contribution in [3.63, 3.8) is 0 Å². The molecule has 1 heterocycles. The number of hydrogen-bond acceptors (Lipinski definition) is 5. The molecular formula is C19H31N3O3S2. The Morgan fingerprint density at radius 1 is 1.33 bits per heavy atom. The van der Waals surface area contributed by atoms with Gasteiger partial charge in [0.25, 0.3) is 0 Å². The highest BCUT2D eigenvalue weighted by molar-refractivity contribution is 7.99. The van der Waals surface area contributed by atoms with E-state index >= 15 is 0 Å². The average Bonchev–Trinajstić information content (AvgIpc) is 3.11. The number of thioether (sulfide) groups is 1. The highest BCUT2D eigenvalue weighted by Gasteiger charge is 2.24. The molecule has 0 aliphatic carbocycles. The lowest BCUT2D eigenvalue weighted by Gasteiger charge is -2.21. The minimum Gasteiger partial charge on any atom is -0.378 e. The van der Waals surface area contributed by atoms with Crippen molar-refractivity contribution in [3.05, 3.63) is 30.3 Å². The van der Waals surface area contributed by atoms with E-state index in [0.29, 0.717) is 19.1 Å². The molecule has 1 aromatic rings. The van der Waals surface area contributed by atoms with E-state index in [4.69, 9.17) is 4.74 Å². The van der Waals surface area contributed by atoms with Gasteiger partial charge in [0.1, 0.15) is 9.84 Å². The first-order valence-electron chi connectivity index (χ1n) is 9.44. The molecule has 0 amide bonds. The Kier molecular flexibility index (Phi) is 9.44. The molecule has 1 fully saturated rings. The van der Waals surface area contributed by atoms with E-state index in [-0.39, 0.29) is 12.4 Å². The third-order valence-electron chi connectivity index (χ3n) is 4.24. The molecule has 1 aliphatic heterocycles. The summed E-state index contributed by atoms with van der Waals surface area (Å²) in [4.78, 5) is 8.27. The normalized spacial score (nSPS) is 18.1. The molecule has 0 spiro atoms. The van der Waals surface area contributed by atoms with Crippen molar-refractivity contribution in [2.75, 3.05) is 57.2 Å². The van der Waals surface area contributed by atoms with E-state index in [0.717, 1.165) is 31.3 Å². The third kappa shape index (κ3) is 8.99. The maximum atomic E-state index is 11.1. The first-order valence-corrected chi connectivity index (χ1v) is 12.5. The van der Waals surface area contributed by atoms with Crippen LogP contribution < -0.4 is 5.32 Å². The lowest BCUT2D eigenvalue weighted by molar-refractivity contribution is 0.157. The van der Waals surface area contributed by atoms with Gasteiger partial charge in [0, 0.05) is 36.5 Å². The Labute approximate surface area is 167 Å². The van der Waals surface area contributed by atoms with Crippen LogP contribution in [0.1, 0.15) is 13.3 Å². The fourth-order valence-corrected chi connectivity index (χ4v) is 4.32. The predicted molar refractivity (Wildman–Crippen MR) is 113 cm³/mol. The molecule has 1 atom stereocenters. The van der Waals surface area contributed by atoms with Gasteiger partial charge in [-0.05, 0) is 31.4 Å². The van der Waals surface area contributed by atoms with Crippen LogP contribution in [0.25, 0.3) is 0 Å². The maximum absolute atomic E-state index is 11.1. The van der Waals surface area contributed by atoms with Crippen LogP contribution in [-0.2, 0) is 14.6 Å². The van der Waals surface area contributed by atoms with Gasteiger partial charge in [0.05, 0.1) is 25.5 Å². The van der Waals surface area contributed by atoms with E-state index in [2.05, 4.69) is 46.4 Å². The summed E-state index contributed by atoms with van der Waals surface area (Å²) < 4.78 is 27.5. The van der Waals surface area contributed by atoms with E-state index in [1.807, 2.05) is 17.8 Å². The summed E-state index contributed by atoms with van der Waals surface area (Å²) in [5.41, 5.74) is 0. The van der Waals surface area contributed by atoms with E-state index in [9.17, 15) is 8.42 Å². The first-order chi connectivity index (χ1) is 13.0. The van der Waals surface area contributed by atoms with Crippen molar-refractivity contribution in [1.82, 2.24) is 10.2 Å². The number of ether oxygens (including phenoxy) is 1. The van der Waals surface area contributed by atoms with Crippen molar-refractivity contribution < 1.29 is 13.2 Å². The SMILES string of the molecule is CCNC(=NCCOCCS(C)(=O)=O)N1CCC(CSc2ccccc2)C1. The first kappa shape index (κ1) is 22.0. The summed E-state index contributed by atoms with van der Waals surface area (Å²) >= 11 is 1.92. The molecular weight excluding hydrogens is 382 g/mol. The lowest BCUT2D eigenvalue weighted by Crippen LogP contribution is -2.40. The molecule has 152 valence electrons. The molecule has 0 aromatic heterocycles. The van der Waals surface area contributed by atoms with Crippen molar-refractivity contribution >= 4 is 27.6 Å². The smallest absolute Gasteiger partial charge is 0.194 e. The van der Waals surface area contributed by atoms with Crippen molar-refractivity contribution in [2.45, 2.75) is 18.2 Å². The largest absolute Gasteiger partial charge is 0.378 e. The van der Waals surface area contributed by atoms with Gasteiger partial charge in [-0.15, -0.1) is 11.8 Å². The number of hydrogen-bond donors (Lipinski definition) is 1. The number of rotatable bonds is 10. The summed E-state index contributed by atoms with van der Waals surface area (Å²) in [6.45, 7) is 6.12. The molecule has 0 radical (unpaired) electrons. The van der Waals surface area contributed by atoms with E-state index < -0.39 is 9.84 Å². The van der Waals surface area contributed by atoms with Crippen LogP contribution in [0.4, 0.5) is 0 Å². The summed E-state index contributed by atoms with van der Waals surface area (Å²) in [7, 11) is -2.96. The zero-order valence-corrected chi connectivity index (χ0v) is 17.9. The molecule has 6 nitrogen and oxygen atoms in total. The fraction of sp³-hybridized carbons (Fsp3) is 0.632. The molecule has 27 heavy (non-hydrogen) atoms. The van der Waals surface area contributed by atoms with E-state index in [1.54, 1.807) is 0 Å². The highest BCUT2D eigenvalue weighted by Crippen LogP contribution is 2.25. The van der Waals surface area contributed by atoms with Gasteiger partial charge in [0.15, 0.2) is 5.96 Å². The summed E-state index contributed by atoms with van der Waals surface area (Å²) in [6, 6.07) is 10.5. The number of benzene rings is 1. The predicted octanol–water partition coefficient (Wildman–Crippen LogP) is 2.13. The molecule has 0 saturated carbocycles. The van der Waals surface area contributed by atoms with Crippen LogP contribution in [0.15, 0.2) is 40.2 Å². The Bertz CT molecular complexity index is 681. The second kappa shape index (κ2) is 11.6. The van der Waals surface area contributed by atoms with Crippen LogP contribution in [0, 0.1) is 5.92 Å². The van der Waals surface area contributed by atoms with Gasteiger partial charge in [-0.25, -0.2) is 8.42 Å². The summed E-state index contributed by atoms with van der Waals surface area (Å²) in [5, 5.41) is 3.35. The van der Waals surface area contributed by atoms with Crippen molar-refractivity contribution in [2.24, 2.45) is 10.9 Å². The summed E-state index contributed by atoms with van der Waals surface area (Å²) in [5.74, 6) is 2.76. The zero-order chi connectivity index (χ0) is 19.5. The van der Waals surface area contributed by atoms with Crippen molar-refractivity contribution in [3.8, 4) is 0 Å². The molecule has 1 unspecified atom stereocenters. The quantitative estimate of drug-likeness (QED) is 0.274. The van der Waals surface area contributed by atoms with Gasteiger partial charge in [-0.2, -0.15) is 0 Å². The zero-order valence-electron chi connectivity index (χ0n) is 16.3. The highest BCUT2D eigenvalue weighted by atomic mass is 32.2. The molecule has 2 rings (SSSR count). The second-order valence-electron chi connectivity index (χ2n) is 6.70. The Balaban J connectivity index is 1.73. The Morgan fingerprint density at radius 3 is 2.81 bits per heavy atom. The number of sulfone groups is 1. The Hall–Kier alpha value is -1.25. The number of nitrogens with zero attached hydrogens (tertiary/aromatic N) is 2. The van der Waals surface area contributed by atoms with Crippen LogP contribution in [0.5, 0.6) is 0 Å². The monoisotopic (exact) mass is 413 g/mol. The van der Waals surface area contributed by atoms with Gasteiger partial charge in [0.2, 0.25) is 0 Å². The molecule has 1 aliphatic rings. The summed E-state index contributed by atoms with van der Waals surface area (Å²) in [6.07, 6.45) is 2.40. The van der Waals surface area contributed by atoms with Gasteiger partial charge < -0.3 is 15.0 Å². The molecule has 1 aromatic carbocycles. The van der Waals surface area contributed by atoms with E-state index in [1.165, 1.54) is 17.6 Å². The maximum Gasteiger partial charge on any atom is 0.194 e. The molecule has 1 saturated heterocycles. The van der Waals surface area contributed by atoms with Gasteiger partial charge in [-0.3, -0.25) is 4.99 Å². The fourth-order valence-electron chi connectivity index (χ4n) is 2.85. The Morgan fingerprint density at radius 2 is 2.11 bits per heavy atom. The number of likely N-dealkylation sites (tertiary alicyclic amines) is 1. The minimum atomic E-state index is -2.96. The molecule has 1 N–H and O–H groups in total. The van der Waals surface area contributed by atoms with Crippen molar-refractivity contribution in [1.29, 1.82) is 0 Å². The standard InChI is InChI=1S/C19H31N3O3S2/c1-3-20-19(21-10-12-25-13-14-27(2,23)24)22-11-9-17(15-22)16-26-18-7-5-4-6-8-18/h4-8,17H,3,9-16H2,1-2H3,(H,20,21). The van der Waals surface area contributed by atoms with Crippen LogP contribution >= 0.6 is 11.8 Å². The average molecular weight is 414 g/mol. The van der Waals surface area contributed by atoms with Gasteiger partial charge >= 0.3 is 0 Å². The van der Waals surface area contributed by atoms with Gasteiger partial charge in [-0.1, -0.05) is 18.2 Å². The molecule has 0 bridgehead atoms. The molecule has 8 heteroatoms. The van der Waals surface area contributed by atoms with Crippen LogP contribution in [0.2, 0.25) is 0 Å². The topological polar surface area (TPSA) is 71.0 Å². The minimum absolute atomic E-state index is 0.0592. The number of nitrogens with one attached hydrogen (secondary N) is 1. The number of aliphatic imine (C=N–C) groups is 1. The van der Waals surface area contributed by atoms with Crippen LogP contribution in [-0.4, -0.2) is 76.4 Å². The number of guanidine groups is 1. The second-order valence-corrected chi connectivity index (χ2v) is 10.1. The lowest BCUT2D eigenvalue weighted by atomic mass is 10.2. The van der Waals surface area contributed by atoms with Crippen LogP contribution in [0.3, 0.4) is 0 Å². The third-order valence-corrected chi connectivity index (χ3v) is 6.40.